The van der Waals surface area contributed by atoms with Crippen LogP contribution < -0.4 is 4.74 Å². The van der Waals surface area contributed by atoms with Gasteiger partial charge in [0, 0.05) is 39.9 Å². The molecule has 1 aromatic carbocycles. The number of ether oxygens (including phenoxy) is 1. The van der Waals surface area contributed by atoms with Gasteiger partial charge in [0.1, 0.15) is 17.3 Å². The predicted molar refractivity (Wildman–Crippen MR) is 125 cm³/mol. The van der Waals surface area contributed by atoms with Crippen LogP contribution in [0.1, 0.15) is 73.1 Å². The molecule has 5 nitrogen and oxygen atoms in total. The summed E-state index contributed by atoms with van der Waals surface area (Å²) in [5, 5.41) is 8.46. The number of rotatable bonds is 3. The first-order valence-electron chi connectivity index (χ1n) is 10.1. The fraction of sp³-hybridized carbons (Fsp3) is 0.458. The lowest BCUT2D eigenvalue weighted by Crippen LogP contribution is -2.31. The molecule has 160 valence electrons. The van der Waals surface area contributed by atoms with E-state index in [9.17, 15) is 4.79 Å². The van der Waals surface area contributed by atoms with Gasteiger partial charge in [0.25, 0.3) is 0 Å². The summed E-state index contributed by atoms with van der Waals surface area (Å²) in [5.41, 5.74) is 5.20. The van der Waals surface area contributed by atoms with Crippen LogP contribution in [0, 0.1) is 12.3 Å². The van der Waals surface area contributed by atoms with Crippen molar-refractivity contribution in [1.29, 1.82) is 5.41 Å². The van der Waals surface area contributed by atoms with Gasteiger partial charge in [-0.1, -0.05) is 40.7 Å². The Balaban J connectivity index is 0.00000256. The Bertz CT molecular complexity index is 1040. The summed E-state index contributed by atoms with van der Waals surface area (Å²) in [6, 6.07) is 7.94. The highest BCUT2D eigenvalue weighted by molar-refractivity contribution is 8.93. The fourth-order valence-electron chi connectivity index (χ4n) is 4.09. The molecule has 1 N–H and O–H groups in total. The minimum absolute atomic E-state index is 0. The summed E-state index contributed by atoms with van der Waals surface area (Å²) in [4.78, 5) is 19.5. The van der Waals surface area contributed by atoms with Crippen molar-refractivity contribution < 1.29 is 9.53 Å². The van der Waals surface area contributed by atoms with E-state index in [1.165, 1.54) is 0 Å². The summed E-state index contributed by atoms with van der Waals surface area (Å²) >= 11 is 0. The molecule has 0 spiro atoms. The van der Waals surface area contributed by atoms with Crippen molar-refractivity contribution in [1.82, 2.24) is 9.88 Å². The number of nitrogens with one attached hydrogen (secondary N) is 1. The Hall–Kier alpha value is -2.21. The first-order valence-corrected chi connectivity index (χ1v) is 10.1. The van der Waals surface area contributed by atoms with E-state index in [4.69, 9.17) is 10.1 Å². The lowest BCUT2D eigenvalue weighted by Gasteiger charge is -2.24. The summed E-state index contributed by atoms with van der Waals surface area (Å²) < 4.78 is 6.05. The van der Waals surface area contributed by atoms with Crippen molar-refractivity contribution in [2.75, 3.05) is 13.2 Å². The van der Waals surface area contributed by atoms with Crippen LogP contribution in [-0.4, -0.2) is 34.7 Å². The molecular weight excluding hydrogens is 442 g/mol. The molecule has 0 fully saturated rings. The number of aromatic nitrogens is 1. The number of halogens is 1. The van der Waals surface area contributed by atoms with Crippen molar-refractivity contribution in [3.63, 3.8) is 0 Å². The first-order chi connectivity index (χ1) is 13.5. The van der Waals surface area contributed by atoms with Gasteiger partial charge in [-0.05, 0) is 30.5 Å². The Morgan fingerprint density at radius 1 is 1.27 bits per heavy atom. The fourth-order valence-corrected chi connectivity index (χ4v) is 4.09. The number of ketones is 1. The van der Waals surface area contributed by atoms with Crippen LogP contribution >= 0.6 is 17.0 Å². The molecule has 1 aromatic heterocycles. The lowest BCUT2D eigenvalue weighted by molar-refractivity contribution is 0.0962. The quantitative estimate of drug-likeness (QED) is 0.642. The molecular formula is C24H30BrN3O2. The second-order valence-corrected chi connectivity index (χ2v) is 9.91. The molecule has 0 saturated heterocycles. The van der Waals surface area contributed by atoms with Crippen LogP contribution in [0.2, 0.25) is 0 Å². The highest BCUT2D eigenvalue weighted by Crippen LogP contribution is 2.45. The number of hydrogen-bond acceptors (Lipinski definition) is 4. The molecule has 2 aromatic rings. The lowest BCUT2D eigenvalue weighted by atomic mass is 9.79. The van der Waals surface area contributed by atoms with Gasteiger partial charge in [0.15, 0.2) is 5.78 Å². The zero-order valence-corrected chi connectivity index (χ0v) is 20.3. The molecule has 6 heteroatoms. The van der Waals surface area contributed by atoms with Crippen molar-refractivity contribution in [2.24, 2.45) is 0 Å². The van der Waals surface area contributed by atoms with Crippen LogP contribution in [0.5, 0.6) is 5.75 Å². The maximum Gasteiger partial charge on any atom is 0.182 e. The maximum absolute atomic E-state index is 13.3. The number of aryl methyl sites for hydroxylation is 1. The smallest absolute Gasteiger partial charge is 0.182 e. The van der Waals surface area contributed by atoms with Gasteiger partial charge in [0.05, 0.1) is 13.2 Å². The Morgan fingerprint density at radius 2 is 1.97 bits per heavy atom. The molecule has 2 aliphatic rings. The minimum atomic E-state index is -0.126. The molecule has 0 aliphatic carbocycles. The normalized spacial score (nSPS) is 16.6. The maximum atomic E-state index is 13.3. The average molecular weight is 472 g/mol. The number of hydrogen-bond donors (Lipinski definition) is 1. The summed E-state index contributed by atoms with van der Waals surface area (Å²) in [5.74, 6) is 1.29. The number of nitrogens with zero attached hydrogens (tertiary/aromatic N) is 2. The third-order valence-corrected chi connectivity index (χ3v) is 5.88. The van der Waals surface area contributed by atoms with E-state index in [1.807, 2.05) is 36.1 Å². The second-order valence-electron chi connectivity index (χ2n) is 9.91. The first kappa shape index (κ1) is 22.5. The van der Waals surface area contributed by atoms with Crippen LogP contribution in [0.3, 0.4) is 0 Å². The number of Topliss-reactive ketones (excluding diaryl/α,β-unsaturated/α-hetero) is 1. The molecule has 0 saturated carbocycles. The molecule has 0 atom stereocenters. The highest BCUT2D eigenvalue weighted by Gasteiger charge is 2.37. The molecule has 3 heterocycles. The van der Waals surface area contributed by atoms with Crippen molar-refractivity contribution in [3.8, 4) is 5.75 Å². The molecule has 0 amide bonds. The van der Waals surface area contributed by atoms with Crippen LogP contribution in [0.25, 0.3) is 0 Å². The van der Waals surface area contributed by atoms with Gasteiger partial charge in [-0.25, -0.2) is 4.98 Å². The molecule has 0 bridgehead atoms. The van der Waals surface area contributed by atoms with E-state index >= 15 is 0 Å². The third-order valence-electron chi connectivity index (χ3n) is 5.88. The molecule has 2 aliphatic heterocycles. The van der Waals surface area contributed by atoms with Gasteiger partial charge in [-0.15, -0.1) is 17.0 Å². The van der Waals surface area contributed by atoms with Crippen LogP contribution in [-0.2, 0) is 17.4 Å². The Labute approximate surface area is 189 Å². The number of benzene rings is 1. The Morgan fingerprint density at radius 3 is 2.63 bits per heavy atom. The number of carbonyl (C=O) groups excluding carboxylic acids is 1. The summed E-state index contributed by atoms with van der Waals surface area (Å²) in [6.07, 6.45) is 0. The van der Waals surface area contributed by atoms with Crippen LogP contribution in [0.4, 0.5) is 0 Å². The minimum Gasteiger partial charge on any atom is -0.492 e. The number of carbonyl (C=O) groups is 1. The van der Waals surface area contributed by atoms with Crippen molar-refractivity contribution in [2.45, 2.75) is 58.9 Å². The van der Waals surface area contributed by atoms with Crippen LogP contribution in [0.15, 0.2) is 24.3 Å². The zero-order valence-electron chi connectivity index (χ0n) is 18.5. The highest BCUT2D eigenvalue weighted by atomic mass is 79.9. The van der Waals surface area contributed by atoms with Gasteiger partial charge in [0.2, 0.25) is 0 Å². The molecule has 30 heavy (non-hydrogen) atoms. The van der Waals surface area contributed by atoms with E-state index in [-0.39, 0.29) is 40.1 Å². The van der Waals surface area contributed by atoms with Crippen molar-refractivity contribution >= 4 is 28.6 Å². The number of fused-ring (bicyclic) bond motifs is 2. The largest absolute Gasteiger partial charge is 0.492 e. The van der Waals surface area contributed by atoms with E-state index in [1.54, 1.807) is 0 Å². The molecule has 0 unspecified atom stereocenters. The van der Waals surface area contributed by atoms with E-state index in [0.717, 1.165) is 28.1 Å². The average Bonchev–Trinajstić information content (AvgIpc) is 3.10. The van der Waals surface area contributed by atoms with Crippen molar-refractivity contribution in [3.05, 3.63) is 57.9 Å². The second kappa shape index (κ2) is 7.49. The van der Waals surface area contributed by atoms with Gasteiger partial charge in [-0.2, -0.15) is 0 Å². The monoisotopic (exact) mass is 471 g/mol. The van der Waals surface area contributed by atoms with Gasteiger partial charge < -0.3 is 9.64 Å². The van der Waals surface area contributed by atoms with E-state index in [0.29, 0.717) is 30.2 Å². The summed E-state index contributed by atoms with van der Waals surface area (Å²) in [6.45, 7) is 14.0. The predicted octanol–water partition coefficient (Wildman–Crippen LogP) is 4.96. The molecule has 4 rings (SSSR count). The third kappa shape index (κ3) is 3.78. The van der Waals surface area contributed by atoms with E-state index in [2.05, 4.69) is 39.6 Å². The molecule has 0 radical (unpaired) electrons. The topological polar surface area (TPSA) is 66.3 Å². The number of pyridine rings is 1. The standard InChI is InChI=1S/C24H29N3O2.BrH/c1-14-7-8-15-11-27(22(25)20(15)26-14)12-19(28)16-9-17(23(2,3)4)21-18(10-16)24(5,6)13-29-21;/h7-10,25H,11-13H2,1-6H3;1H. The Kier molecular flexibility index (Phi) is 5.61. The number of amidine groups is 1. The van der Waals surface area contributed by atoms with Gasteiger partial charge >= 0.3 is 0 Å². The SMILES string of the molecule is Br.Cc1ccc2c(n1)C(=N)N(CC(=O)c1cc(C(C)(C)C)c3c(c1)C(C)(C)CO3)C2. The van der Waals surface area contributed by atoms with E-state index < -0.39 is 0 Å². The summed E-state index contributed by atoms with van der Waals surface area (Å²) in [7, 11) is 0. The zero-order chi connectivity index (χ0) is 21.1. The van der Waals surface area contributed by atoms with Gasteiger partial charge in [-0.3, -0.25) is 10.2 Å².